The zero-order valence-corrected chi connectivity index (χ0v) is 21.2. The number of benzene rings is 2. The van der Waals surface area contributed by atoms with Crippen molar-refractivity contribution in [2.75, 3.05) is 7.05 Å². The highest BCUT2D eigenvalue weighted by Crippen LogP contribution is 2.34. The van der Waals surface area contributed by atoms with Gasteiger partial charge in [0.2, 0.25) is 5.91 Å². The Labute approximate surface area is 218 Å². The van der Waals surface area contributed by atoms with Crippen LogP contribution in [0.25, 0.3) is 10.9 Å². The zero-order chi connectivity index (χ0) is 27.4. The van der Waals surface area contributed by atoms with Crippen molar-refractivity contribution in [2.45, 2.75) is 33.1 Å². The van der Waals surface area contributed by atoms with Crippen LogP contribution in [0.15, 0.2) is 64.7 Å². The van der Waals surface area contributed by atoms with Crippen molar-refractivity contribution in [1.82, 2.24) is 15.6 Å². The van der Waals surface area contributed by atoms with Crippen molar-refractivity contribution < 1.29 is 23.1 Å². The largest absolute Gasteiger partial charge is 0.456 e. The van der Waals surface area contributed by atoms with E-state index in [1.165, 1.54) is 38.6 Å². The van der Waals surface area contributed by atoms with Gasteiger partial charge in [0.15, 0.2) is 0 Å². The second-order valence-corrected chi connectivity index (χ2v) is 8.83. The van der Waals surface area contributed by atoms with Crippen LogP contribution in [-0.2, 0) is 11.2 Å². The van der Waals surface area contributed by atoms with Gasteiger partial charge in [-0.25, -0.2) is 8.78 Å². The predicted molar refractivity (Wildman–Crippen MR) is 141 cm³/mol. The molecule has 196 valence electrons. The number of nitrogens with zero attached hydrogens (tertiary/aromatic N) is 2. The van der Waals surface area contributed by atoms with E-state index in [1.807, 2.05) is 6.92 Å². The van der Waals surface area contributed by atoms with Crippen LogP contribution < -0.4 is 21.1 Å². The third-order valence-electron chi connectivity index (χ3n) is 6.31. The van der Waals surface area contributed by atoms with E-state index in [9.17, 15) is 9.59 Å². The minimum atomic E-state index is -0.940. The molecule has 4 rings (SSSR count). The summed E-state index contributed by atoms with van der Waals surface area (Å²) in [5, 5.41) is 5.56. The molecule has 0 spiro atoms. The van der Waals surface area contributed by atoms with Crippen LogP contribution >= 0.6 is 0 Å². The molecule has 10 heteroatoms. The lowest BCUT2D eigenvalue weighted by molar-refractivity contribution is -0.119. The van der Waals surface area contributed by atoms with Crippen molar-refractivity contribution in [3.8, 4) is 11.5 Å². The van der Waals surface area contributed by atoms with Gasteiger partial charge in [-0.1, -0.05) is 5.57 Å². The number of aromatic nitrogens is 1. The van der Waals surface area contributed by atoms with Gasteiger partial charge in [-0.3, -0.25) is 19.6 Å². The standard InChI is InChI=1S/C28H27F2N5O3/c1-15-4-6-22(15)34-14-18(13-31)35-26(36)11-19-21(29)12-25(16(2)27(19)30)38-24-8-9-33-23-7-5-17(10-20(23)24)28(37)32-3/h5,7-10,12-14H,4,6,11,31H2,1-3H3,(H,32,37)(H,35,36)/b18-13+,34-14?. The van der Waals surface area contributed by atoms with E-state index in [4.69, 9.17) is 10.5 Å². The van der Waals surface area contributed by atoms with Gasteiger partial charge in [0, 0.05) is 53.3 Å². The topological polar surface area (TPSA) is 119 Å². The molecule has 0 bridgehead atoms. The average Bonchev–Trinajstić information content (AvgIpc) is 2.91. The highest BCUT2D eigenvalue weighted by molar-refractivity contribution is 5.99. The summed E-state index contributed by atoms with van der Waals surface area (Å²) in [7, 11) is 1.51. The highest BCUT2D eigenvalue weighted by atomic mass is 19.1. The number of allylic oxidation sites excluding steroid dienone is 3. The third-order valence-corrected chi connectivity index (χ3v) is 6.31. The van der Waals surface area contributed by atoms with Gasteiger partial charge < -0.3 is 21.1 Å². The Morgan fingerprint density at radius 2 is 1.95 bits per heavy atom. The third kappa shape index (κ3) is 5.54. The molecular formula is C28H27F2N5O3. The number of hydrogen-bond acceptors (Lipinski definition) is 6. The van der Waals surface area contributed by atoms with E-state index in [-0.39, 0.29) is 28.7 Å². The van der Waals surface area contributed by atoms with Crippen LogP contribution in [0.4, 0.5) is 8.78 Å². The first-order valence-electron chi connectivity index (χ1n) is 11.9. The number of aliphatic imine (C=N–C) groups is 1. The molecule has 0 saturated carbocycles. The summed E-state index contributed by atoms with van der Waals surface area (Å²) in [6.45, 7) is 3.40. The quantitative estimate of drug-likeness (QED) is 0.377. The number of carbonyl (C=O) groups is 2. The molecule has 1 aliphatic carbocycles. The molecule has 0 unspecified atom stereocenters. The van der Waals surface area contributed by atoms with Crippen molar-refractivity contribution >= 4 is 28.9 Å². The fourth-order valence-corrected chi connectivity index (χ4v) is 3.92. The fraction of sp³-hybridized carbons (Fsp3) is 0.214. The Bertz CT molecular complexity index is 1530. The van der Waals surface area contributed by atoms with Crippen molar-refractivity contribution in [3.63, 3.8) is 0 Å². The number of fused-ring (bicyclic) bond motifs is 1. The Kier molecular flexibility index (Phi) is 7.80. The molecule has 8 nitrogen and oxygen atoms in total. The maximum absolute atomic E-state index is 15.2. The monoisotopic (exact) mass is 519 g/mol. The van der Waals surface area contributed by atoms with Gasteiger partial charge in [0.1, 0.15) is 23.1 Å². The molecule has 3 aromatic rings. The average molecular weight is 520 g/mol. The van der Waals surface area contributed by atoms with Gasteiger partial charge in [-0.15, -0.1) is 0 Å². The molecular weight excluding hydrogens is 492 g/mol. The smallest absolute Gasteiger partial charge is 0.251 e. The normalized spacial score (nSPS) is 13.6. The fourth-order valence-electron chi connectivity index (χ4n) is 3.92. The van der Waals surface area contributed by atoms with Gasteiger partial charge in [-0.2, -0.15) is 0 Å². The van der Waals surface area contributed by atoms with Crippen LogP contribution in [-0.4, -0.2) is 30.1 Å². The van der Waals surface area contributed by atoms with E-state index in [0.29, 0.717) is 16.5 Å². The SMILES string of the molecule is CNC(=O)c1ccc2nccc(Oc3cc(F)c(CC(=O)N/C(C=NC4=C(C)CC4)=C/N)c(F)c3C)c2c1. The summed E-state index contributed by atoms with van der Waals surface area (Å²) in [5.41, 5.74) is 8.42. The summed E-state index contributed by atoms with van der Waals surface area (Å²) in [5.74, 6) is -2.60. The molecule has 1 aromatic heterocycles. The van der Waals surface area contributed by atoms with Gasteiger partial charge in [0.25, 0.3) is 5.91 Å². The molecule has 0 radical (unpaired) electrons. The van der Waals surface area contributed by atoms with Crippen LogP contribution in [0.2, 0.25) is 0 Å². The zero-order valence-electron chi connectivity index (χ0n) is 21.2. The number of rotatable bonds is 8. The van der Waals surface area contributed by atoms with Crippen molar-refractivity contribution in [3.05, 3.63) is 88.0 Å². The van der Waals surface area contributed by atoms with E-state index >= 15 is 8.78 Å². The summed E-state index contributed by atoms with van der Waals surface area (Å²) < 4.78 is 36.1. The maximum atomic E-state index is 15.2. The van der Waals surface area contributed by atoms with Crippen molar-refractivity contribution in [1.29, 1.82) is 0 Å². The molecule has 0 atom stereocenters. The van der Waals surface area contributed by atoms with E-state index < -0.39 is 29.5 Å². The molecule has 0 fully saturated rings. The minimum absolute atomic E-state index is 0.0187. The number of ether oxygens (including phenoxy) is 1. The summed E-state index contributed by atoms with van der Waals surface area (Å²) in [6, 6.07) is 7.43. The Hall–Kier alpha value is -4.60. The second kappa shape index (κ2) is 11.2. The molecule has 4 N–H and O–H groups in total. The predicted octanol–water partition coefficient (Wildman–Crippen LogP) is 4.57. The number of halogens is 2. The van der Waals surface area contributed by atoms with E-state index in [0.717, 1.165) is 30.2 Å². The molecule has 1 aliphatic rings. The Morgan fingerprint density at radius 3 is 2.61 bits per heavy atom. The van der Waals surface area contributed by atoms with Crippen LogP contribution in [0.3, 0.4) is 0 Å². The molecule has 0 aliphatic heterocycles. The lowest BCUT2D eigenvalue weighted by atomic mass is 9.96. The number of carbonyl (C=O) groups excluding carboxylic acids is 2. The molecule has 0 saturated heterocycles. The highest BCUT2D eigenvalue weighted by Gasteiger charge is 2.21. The maximum Gasteiger partial charge on any atom is 0.251 e. The number of nitrogens with one attached hydrogen (secondary N) is 2. The molecule has 2 amide bonds. The van der Waals surface area contributed by atoms with E-state index in [2.05, 4.69) is 20.6 Å². The van der Waals surface area contributed by atoms with Crippen LogP contribution in [0, 0.1) is 18.6 Å². The first kappa shape index (κ1) is 26.5. The molecule has 1 heterocycles. The van der Waals surface area contributed by atoms with Crippen LogP contribution in [0.5, 0.6) is 11.5 Å². The lowest BCUT2D eigenvalue weighted by Crippen LogP contribution is -2.27. The Balaban J connectivity index is 1.55. The summed E-state index contributed by atoms with van der Waals surface area (Å²) >= 11 is 0. The second-order valence-electron chi connectivity index (χ2n) is 8.83. The number of pyridine rings is 1. The van der Waals surface area contributed by atoms with Crippen LogP contribution in [0.1, 0.15) is 41.3 Å². The molecule has 2 aromatic carbocycles. The van der Waals surface area contributed by atoms with E-state index in [1.54, 1.807) is 18.2 Å². The summed E-state index contributed by atoms with van der Waals surface area (Å²) in [4.78, 5) is 33.1. The van der Waals surface area contributed by atoms with Gasteiger partial charge in [0.05, 0.1) is 23.8 Å². The number of nitrogens with two attached hydrogens (primary N) is 1. The summed E-state index contributed by atoms with van der Waals surface area (Å²) in [6.07, 6.45) is 5.35. The van der Waals surface area contributed by atoms with Gasteiger partial charge in [-0.05, 0) is 51.0 Å². The first-order valence-corrected chi connectivity index (χ1v) is 11.9. The van der Waals surface area contributed by atoms with Gasteiger partial charge >= 0.3 is 0 Å². The number of hydrogen-bond donors (Lipinski definition) is 3. The van der Waals surface area contributed by atoms with Crippen molar-refractivity contribution in [2.24, 2.45) is 10.7 Å². The minimum Gasteiger partial charge on any atom is -0.456 e. The Morgan fingerprint density at radius 1 is 1.16 bits per heavy atom. The molecule has 38 heavy (non-hydrogen) atoms. The number of amides is 2. The lowest BCUT2D eigenvalue weighted by Gasteiger charge is -2.16. The first-order chi connectivity index (χ1) is 18.2.